The summed E-state index contributed by atoms with van der Waals surface area (Å²) >= 11 is 5.66. The average molecular weight is 227 g/mol. The molecule has 0 radical (unpaired) electrons. The van der Waals surface area contributed by atoms with Gasteiger partial charge in [-0.05, 0) is 23.7 Å². The van der Waals surface area contributed by atoms with E-state index in [1.54, 1.807) is 12.1 Å². The van der Waals surface area contributed by atoms with Gasteiger partial charge in [0.15, 0.2) is 5.22 Å². The number of halogens is 1. The normalized spacial score (nSPS) is 10.5. The predicted molar refractivity (Wildman–Crippen MR) is 54.7 cm³/mol. The second-order valence-corrected chi connectivity index (χ2v) is 3.32. The number of ether oxygens (including phenoxy) is 1. The molecule has 0 aliphatic rings. The van der Waals surface area contributed by atoms with Crippen molar-refractivity contribution in [3.63, 3.8) is 0 Å². The highest BCUT2D eigenvalue weighted by Gasteiger charge is 2.14. The number of hydrogen-bond acceptors (Lipinski definition) is 3. The maximum Gasteiger partial charge on any atom is 0.339 e. The number of furan rings is 1. The van der Waals surface area contributed by atoms with Crippen LogP contribution < -0.4 is 4.74 Å². The first kappa shape index (κ1) is 9.86. The van der Waals surface area contributed by atoms with Crippen molar-refractivity contribution in [2.45, 2.75) is 0 Å². The first-order valence-electron chi connectivity index (χ1n) is 4.12. The van der Waals surface area contributed by atoms with Crippen molar-refractivity contribution in [1.82, 2.24) is 0 Å². The molecule has 78 valence electrons. The Bertz CT molecular complexity index is 529. The van der Waals surface area contributed by atoms with Gasteiger partial charge in [0.2, 0.25) is 0 Å². The number of aromatic carboxylic acids is 1. The Balaban J connectivity index is 2.73. The highest BCUT2D eigenvalue weighted by molar-refractivity contribution is 6.29. The fourth-order valence-corrected chi connectivity index (χ4v) is 1.57. The lowest BCUT2D eigenvalue weighted by Crippen LogP contribution is -1.99. The Morgan fingerprint density at radius 1 is 1.47 bits per heavy atom. The summed E-state index contributed by atoms with van der Waals surface area (Å²) in [5.41, 5.74) is 0.481. The van der Waals surface area contributed by atoms with Crippen molar-refractivity contribution < 1.29 is 19.1 Å². The van der Waals surface area contributed by atoms with Crippen molar-refractivity contribution in [1.29, 1.82) is 0 Å². The standard InChI is InChI=1S/C10H7ClO4/c1-14-8-2-5-3-9(11)15-7(5)4-6(8)10(12)13/h2-4H,1H3,(H,12,13). The summed E-state index contributed by atoms with van der Waals surface area (Å²) in [6.07, 6.45) is 0. The Kier molecular flexibility index (Phi) is 2.28. The summed E-state index contributed by atoms with van der Waals surface area (Å²) in [6, 6.07) is 4.57. The van der Waals surface area contributed by atoms with Crippen LogP contribution in [0.25, 0.3) is 11.0 Å². The lowest BCUT2D eigenvalue weighted by Gasteiger charge is -2.03. The van der Waals surface area contributed by atoms with E-state index in [1.165, 1.54) is 13.2 Å². The van der Waals surface area contributed by atoms with Crippen molar-refractivity contribution in [3.8, 4) is 5.75 Å². The number of carbonyl (C=O) groups is 1. The van der Waals surface area contributed by atoms with Gasteiger partial charge in [-0.1, -0.05) is 0 Å². The van der Waals surface area contributed by atoms with Gasteiger partial charge in [0.1, 0.15) is 16.9 Å². The maximum atomic E-state index is 10.9. The molecule has 1 heterocycles. The molecular formula is C10H7ClO4. The summed E-state index contributed by atoms with van der Waals surface area (Å²) in [5, 5.41) is 9.84. The average Bonchev–Trinajstić information content (AvgIpc) is 2.54. The Labute approximate surface area is 90.0 Å². The number of carboxylic acid groups (broad SMARTS) is 1. The number of hydrogen-bond donors (Lipinski definition) is 1. The van der Waals surface area contributed by atoms with Crippen molar-refractivity contribution in [2.24, 2.45) is 0 Å². The van der Waals surface area contributed by atoms with E-state index in [2.05, 4.69) is 0 Å². The Morgan fingerprint density at radius 3 is 2.80 bits per heavy atom. The summed E-state index contributed by atoms with van der Waals surface area (Å²) in [7, 11) is 1.41. The Hall–Kier alpha value is -1.68. The molecule has 0 aliphatic carbocycles. The van der Waals surface area contributed by atoms with E-state index in [1.807, 2.05) is 0 Å². The first-order chi connectivity index (χ1) is 7.11. The van der Waals surface area contributed by atoms with E-state index in [9.17, 15) is 4.79 Å². The van der Waals surface area contributed by atoms with E-state index in [4.69, 9.17) is 25.9 Å². The number of fused-ring (bicyclic) bond motifs is 1. The van der Waals surface area contributed by atoms with E-state index in [0.717, 1.165) is 0 Å². The van der Waals surface area contributed by atoms with Gasteiger partial charge in [-0.25, -0.2) is 4.79 Å². The molecule has 1 N–H and O–H groups in total. The molecule has 0 atom stereocenters. The van der Waals surface area contributed by atoms with Crippen LogP contribution in [0.4, 0.5) is 0 Å². The highest BCUT2D eigenvalue weighted by Crippen LogP contribution is 2.29. The van der Waals surface area contributed by atoms with Crippen LogP contribution in [-0.2, 0) is 0 Å². The van der Waals surface area contributed by atoms with E-state index in [0.29, 0.717) is 11.0 Å². The first-order valence-corrected chi connectivity index (χ1v) is 4.50. The zero-order valence-corrected chi connectivity index (χ0v) is 8.54. The highest BCUT2D eigenvalue weighted by atomic mass is 35.5. The molecule has 1 aromatic carbocycles. The minimum atomic E-state index is -1.07. The van der Waals surface area contributed by atoms with Crippen LogP contribution in [0.3, 0.4) is 0 Å². The SMILES string of the molecule is COc1cc2cc(Cl)oc2cc1C(=O)O. The number of rotatable bonds is 2. The zero-order valence-electron chi connectivity index (χ0n) is 7.78. The molecule has 0 aliphatic heterocycles. The largest absolute Gasteiger partial charge is 0.496 e. The number of methoxy groups -OCH3 is 1. The summed E-state index contributed by atoms with van der Waals surface area (Å²) < 4.78 is 10.1. The van der Waals surface area contributed by atoms with Gasteiger partial charge >= 0.3 is 5.97 Å². The van der Waals surface area contributed by atoms with Gasteiger partial charge in [-0.2, -0.15) is 0 Å². The second kappa shape index (κ2) is 3.47. The number of carboxylic acids is 1. The van der Waals surface area contributed by atoms with Crippen LogP contribution in [0, 0.1) is 0 Å². The number of benzene rings is 1. The van der Waals surface area contributed by atoms with Crippen LogP contribution in [-0.4, -0.2) is 18.2 Å². The molecule has 0 saturated carbocycles. The van der Waals surface area contributed by atoms with Crippen LogP contribution >= 0.6 is 11.6 Å². The molecule has 2 aromatic rings. The summed E-state index contributed by atoms with van der Waals surface area (Å²) in [5.74, 6) is -0.784. The lowest BCUT2D eigenvalue weighted by atomic mass is 10.1. The third-order valence-corrected chi connectivity index (χ3v) is 2.23. The third-order valence-electron chi connectivity index (χ3n) is 2.04. The minimum absolute atomic E-state index is 0.0519. The van der Waals surface area contributed by atoms with Gasteiger partial charge < -0.3 is 14.3 Å². The smallest absolute Gasteiger partial charge is 0.339 e. The van der Waals surface area contributed by atoms with Crippen LogP contribution in [0.2, 0.25) is 5.22 Å². The fourth-order valence-electron chi connectivity index (χ4n) is 1.37. The molecule has 4 nitrogen and oxygen atoms in total. The molecule has 15 heavy (non-hydrogen) atoms. The van der Waals surface area contributed by atoms with Crippen molar-refractivity contribution >= 4 is 28.5 Å². The molecule has 0 unspecified atom stereocenters. The van der Waals surface area contributed by atoms with E-state index < -0.39 is 5.97 Å². The minimum Gasteiger partial charge on any atom is -0.496 e. The van der Waals surface area contributed by atoms with Crippen molar-refractivity contribution in [2.75, 3.05) is 7.11 Å². The molecule has 2 rings (SSSR count). The molecule has 0 amide bonds. The van der Waals surface area contributed by atoms with Gasteiger partial charge in [0, 0.05) is 11.5 Å². The molecule has 0 spiro atoms. The molecular weight excluding hydrogens is 220 g/mol. The molecule has 0 bridgehead atoms. The zero-order chi connectivity index (χ0) is 11.0. The summed E-state index contributed by atoms with van der Waals surface area (Å²) in [4.78, 5) is 10.9. The quantitative estimate of drug-likeness (QED) is 0.855. The van der Waals surface area contributed by atoms with Gasteiger partial charge in [-0.15, -0.1) is 0 Å². The van der Waals surface area contributed by atoms with Crippen LogP contribution in [0.5, 0.6) is 5.75 Å². The van der Waals surface area contributed by atoms with Gasteiger partial charge in [-0.3, -0.25) is 0 Å². The maximum absolute atomic E-state index is 10.9. The predicted octanol–water partition coefficient (Wildman–Crippen LogP) is 2.79. The molecule has 0 fully saturated rings. The monoisotopic (exact) mass is 226 g/mol. The second-order valence-electron chi connectivity index (χ2n) is 2.95. The van der Waals surface area contributed by atoms with E-state index >= 15 is 0 Å². The third kappa shape index (κ3) is 1.64. The summed E-state index contributed by atoms with van der Waals surface area (Å²) in [6.45, 7) is 0. The fraction of sp³-hybridized carbons (Fsp3) is 0.100. The van der Waals surface area contributed by atoms with Crippen LogP contribution in [0.15, 0.2) is 22.6 Å². The Morgan fingerprint density at radius 2 is 2.20 bits per heavy atom. The molecule has 1 aromatic heterocycles. The molecule has 0 saturated heterocycles. The lowest BCUT2D eigenvalue weighted by molar-refractivity contribution is 0.0693. The van der Waals surface area contributed by atoms with Gasteiger partial charge in [0.05, 0.1) is 7.11 Å². The van der Waals surface area contributed by atoms with E-state index in [-0.39, 0.29) is 16.5 Å². The van der Waals surface area contributed by atoms with Gasteiger partial charge in [0.25, 0.3) is 0 Å². The topological polar surface area (TPSA) is 59.7 Å². The van der Waals surface area contributed by atoms with Crippen molar-refractivity contribution in [3.05, 3.63) is 29.0 Å². The molecule has 5 heteroatoms. The van der Waals surface area contributed by atoms with Crippen LogP contribution in [0.1, 0.15) is 10.4 Å².